The van der Waals surface area contributed by atoms with Gasteiger partial charge in [0.15, 0.2) is 0 Å². The molecule has 4 heteroatoms. The second-order valence-corrected chi connectivity index (χ2v) is 5.08. The normalized spacial score (nSPS) is 44.1. The van der Waals surface area contributed by atoms with Crippen LogP contribution in [0, 0.1) is 0 Å². The van der Waals surface area contributed by atoms with E-state index in [2.05, 4.69) is 13.2 Å². The summed E-state index contributed by atoms with van der Waals surface area (Å²) in [7, 11) is 0. The molecule has 0 aromatic rings. The maximum atomic E-state index is 9.99. The van der Waals surface area contributed by atoms with E-state index in [1.807, 2.05) is 0 Å². The van der Waals surface area contributed by atoms with E-state index in [4.69, 9.17) is 9.47 Å². The Morgan fingerprint density at radius 2 is 1.28 bits per heavy atom. The average Bonchev–Trinajstić information content (AvgIpc) is 2.33. The first-order valence-corrected chi connectivity index (χ1v) is 6.54. The molecule has 2 saturated heterocycles. The van der Waals surface area contributed by atoms with Gasteiger partial charge in [0.05, 0.1) is 36.6 Å². The fourth-order valence-corrected chi connectivity index (χ4v) is 2.75. The molecule has 2 N–H and O–H groups in total. The van der Waals surface area contributed by atoms with E-state index >= 15 is 0 Å². The van der Waals surface area contributed by atoms with Gasteiger partial charge in [0.2, 0.25) is 0 Å². The predicted octanol–water partition coefficient (Wildman–Crippen LogP) is 1.18. The second kappa shape index (κ2) is 5.97. The highest BCUT2D eigenvalue weighted by Gasteiger charge is 2.43. The summed E-state index contributed by atoms with van der Waals surface area (Å²) >= 11 is 0. The van der Waals surface area contributed by atoms with Gasteiger partial charge in [0.25, 0.3) is 0 Å². The van der Waals surface area contributed by atoms with Gasteiger partial charge in [-0.05, 0) is 12.8 Å². The van der Waals surface area contributed by atoms with Crippen LogP contribution in [0.2, 0.25) is 0 Å². The Balaban J connectivity index is 1.99. The van der Waals surface area contributed by atoms with Crippen LogP contribution in [-0.2, 0) is 9.47 Å². The molecule has 2 fully saturated rings. The fraction of sp³-hybridized carbons (Fsp3) is 0.714. The molecule has 2 rings (SSSR count). The molecule has 2 heterocycles. The van der Waals surface area contributed by atoms with Gasteiger partial charge in [0, 0.05) is 12.8 Å². The van der Waals surface area contributed by atoms with E-state index in [0.29, 0.717) is 25.7 Å². The number of aliphatic hydroxyl groups is 2. The van der Waals surface area contributed by atoms with Gasteiger partial charge in [-0.3, -0.25) is 0 Å². The zero-order valence-electron chi connectivity index (χ0n) is 10.6. The molecule has 18 heavy (non-hydrogen) atoms. The van der Waals surface area contributed by atoms with E-state index in [-0.39, 0.29) is 24.4 Å². The Morgan fingerprint density at radius 3 is 1.61 bits per heavy atom. The van der Waals surface area contributed by atoms with Crippen molar-refractivity contribution in [1.29, 1.82) is 0 Å². The minimum absolute atomic E-state index is 0.130. The molecule has 4 nitrogen and oxygen atoms in total. The molecule has 102 valence electrons. The molecule has 0 aromatic heterocycles. The van der Waals surface area contributed by atoms with Gasteiger partial charge in [-0.15, -0.1) is 13.2 Å². The molecule has 0 aliphatic carbocycles. The minimum atomic E-state index is -0.524. The van der Waals surface area contributed by atoms with Gasteiger partial charge in [-0.25, -0.2) is 0 Å². The van der Waals surface area contributed by atoms with E-state index in [1.165, 1.54) is 0 Å². The third-order valence-corrected chi connectivity index (χ3v) is 3.72. The minimum Gasteiger partial charge on any atom is -0.390 e. The Bertz CT molecular complexity index is 274. The first-order chi connectivity index (χ1) is 8.65. The Kier molecular flexibility index (Phi) is 4.56. The molecule has 2 aliphatic heterocycles. The molecule has 0 aromatic carbocycles. The predicted molar refractivity (Wildman–Crippen MR) is 68.2 cm³/mol. The van der Waals surface area contributed by atoms with E-state index in [1.54, 1.807) is 12.2 Å². The summed E-state index contributed by atoms with van der Waals surface area (Å²) in [5.41, 5.74) is 0. The molecule has 0 unspecified atom stereocenters. The summed E-state index contributed by atoms with van der Waals surface area (Å²) in [6.07, 6.45) is 4.09. The maximum absolute atomic E-state index is 9.99. The van der Waals surface area contributed by atoms with Crippen molar-refractivity contribution in [2.75, 3.05) is 0 Å². The van der Waals surface area contributed by atoms with Gasteiger partial charge < -0.3 is 19.7 Å². The van der Waals surface area contributed by atoms with Crippen LogP contribution in [0.15, 0.2) is 25.3 Å². The van der Waals surface area contributed by atoms with Crippen LogP contribution in [0.1, 0.15) is 25.7 Å². The van der Waals surface area contributed by atoms with Crippen molar-refractivity contribution in [2.45, 2.75) is 62.3 Å². The summed E-state index contributed by atoms with van der Waals surface area (Å²) in [6, 6.07) is 0. The number of hydrogen-bond donors (Lipinski definition) is 2. The molecule has 6 atom stereocenters. The number of fused-ring (bicyclic) bond motifs is 1. The van der Waals surface area contributed by atoms with Gasteiger partial charge >= 0.3 is 0 Å². The summed E-state index contributed by atoms with van der Waals surface area (Å²) in [6.45, 7) is 7.32. The molecule has 0 bridgehead atoms. The van der Waals surface area contributed by atoms with Crippen LogP contribution in [-0.4, -0.2) is 46.8 Å². The van der Waals surface area contributed by atoms with Crippen molar-refractivity contribution in [3.8, 4) is 0 Å². The molecule has 0 radical (unpaired) electrons. The highest BCUT2D eigenvalue weighted by Crippen LogP contribution is 2.33. The topological polar surface area (TPSA) is 58.9 Å². The van der Waals surface area contributed by atoms with Crippen molar-refractivity contribution < 1.29 is 19.7 Å². The Labute approximate surface area is 108 Å². The first-order valence-electron chi connectivity index (χ1n) is 6.54. The van der Waals surface area contributed by atoms with Crippen molar-refractivity contribution in [3.63, 3.8) is 0 Å². The van der Waals surface area contributed by atoms with E-state index in [9.17, 15) is 10.2 Å². The van der Waals surface area contributed by atoms with Crippen molar-refractivity contribution in [3.05, 3.63) is 25.3 Å². The molecular formula is C14H22O4. The average molecular weight is 254 g/mol. The second-order valence-electron chi connectivity index (χ2n) is 5.08. The number of hydrogen-bond acceptors (Lipinski definition) is 4. The molecule has 0 amide bonds. The molecular weight excluding hydrogens is 232 g/mol. The Hall–Kier alpha value is -0.680. The lowest BCUT2D eigenvalue weighted by atomic mass is 9.89. The van der Waals surface area contributed by atoms with Crippen LogP contribution < -0.4 is 0 Å². The third kappa shape index (κ3) is 2.83. The zero-order valence-corrected chi connectivity index (χ0v) is 10.6. The number of rotatable bonds is 4. The zero-order chi connectivity index (χ0) is 13.1. The largest absolute Gasteiger partial charge is 0.390 e. The van der Waals surface area contributed by atoms with Gasteiger partial charge in [0.1, 0.15) is 0 Å². The fourth-order valence-electron chi connectivity index (χ4n) is 2.75. The monoisotopic (exact) mass is 254 g/mol. The standard InChI is InChI=1S/C14H22O4/c1-3-5-11-9(15)7-14-13(17-11)8-10(16)12(18-14)6-4-2/h3-4,9-16H,1-2,5-8H2/t9-,10-,11+,12+,13-,14-/m1/s1. The lowest BCUT2D eigenvalue weighted by Gasteiger charge is -2.45. The van der Waals surface area contributed by atoms with Crippen LogP contribution in [0.25, 0.3) is 0 Å². The quantitative estimate of drug-likeness (QED) is 0.740. The number of aliphatic hydroxyl groups excluding tert-OH is 2. The van der Waals surface area contributed by atoms with Crippen LogP contribution >= 0.6 is 0 Å². The van der Waals surface area contributed by atoms with Crippen molar-refractivity contribution in [1.82, 2.24) is 0 Å². The highest BCUT2D eigenvalue weighted by molar-refractivity contribution is 4.95. The SMILES string of the molecule is C=CC[C@@H]1O[C@@H]2C[C@@H](O)[C@H](CC=C)O[C@@H]2C[C@H]1O. The lowest BCUT2D eigenvalue weighted by molar-refractivity contribution is -0.241. The Morgan fingerprint density at radius 1 is 0.889 bits per heavy atom. The van der Waals surface area contributed by atoms with Gasteiger partial charge in [-0.1, -0.05) is 12.2 Å². The molecule has 2 aliphatic rings. The first kappa shape index (κ1) is 13.7. The summed E-state index contributed by atoms with van der Waals surface area (Å²) < 4.78 is 11.6. The smallest absolute Gasteiger partial charge is 0.0874 e. The van der Waals surface area contributed by atoms with Gasteiger partial charge in [-0.2, -0.15) is 0 Å². The summed E-state index contributed by atoms with van der Waals surface area (Å²) in [5.74, 6) is 0. The third-order valence-electron chi connectivity index (χ3n) is 3.72. The van der Waals surface area contributed by atoms with E-state index in [0.717, 1.165) is 0 Å². The van der Waals surface area contributed by atoms with Crippen LogP contribution in [0.4, 0.5) is 0 Å². The lowest BCUT2D eigenvalue weighted by Crippen LogP contribution is -2.55. The summed E-state index contributed by atoms with van der Waals surface area (Å²) in [5, 5.41) is 20.0. The highest BCUT2D eigenvalue weighted by atomic mass is 16.6. The van der Waals surface area contributed by atoms with Crippen LogP contribution in [0.5, 0.6) is 0 Å². The maximum Gasteiger partial charge on any atom is 0.0874 e. The molecule has 0 saturated carbocycles. The van der Waals surface area contributed by atoms with Crippen molar-refractivity contribution in [2.24, 2.45) is 0 Å². The number of ether oxygens (including phenoxy) is 2. The summed E-state index contributed by atoms with van der Waals surface area (Å²) in [4.78, 5) is 0. The van der Waals surface area contributed by atoms with Crippen molar-refractivity contribution >= 4 is 0 Å². The molecule has 0 spiro atoms. The van der Waals surface area contributed by atoms with Crippen LogP contribution in [0.3, 0.4) is 0 Å². The van der Waals surface area contributed by atoms with E-state index < -0.39 is 12.2 Å².